The second-order valence-electron chi connectivity index (χ2n) is 6.73. The molecule has 1 aliphatic carbocycles. The highest BCUT2D eigenvalue weighted by atomic mass is 32.1. The van der Waals surface area contributed by atoms with Gasteiger partial charge in [0.15, 0.2) is 5.13 Å². The van der Waals surface area contributed by atoms with Gasteiger partial charge < -0.3 is 8.98 Å². The topological polar surface area (TPSA) is 90.0 Å². The van der Waals surface area contributed by atoms with Gasteiger partial charge in [-0.1, -0.05) is 13.3 Å². The van der Waals surface area contributed by atoms with Crippen LogP contribution in [0, 0.1) is 12.8 Å². The average Bonchev–Trinajstić information content (AvgIpc) is 3.17. The van der Waals surface area contributed by atoms with Crippen molar-refractivity contribution in [3.05, 3.63) is 38.6 Å². The molecule has 1 amide bonds. The molecule has 0 saturated heterocycles. The van der Waals surface area contributed by atoms with Crippen molar-refractivity contribution >= 4 is 33.5 Å². The lowest BCUT2D eigenvalue weighted by atomic mass is 9.89. The zero-order valence-electron chi connectivity index (χ0n) is 15.0. The van der Waals surface area contributed by atoms with Gasteiger partial charge in [0.05, 0.1) is 11.3 Å². The molecule has 0 bridgehead atoms. The van der Waals surface area contributed by atoms with E-state index in [0.717, 1.165) is 31.4 Å². The minimum Gasteiger partial charge on any atom is -0.442 e. The van der Waals surface area contributed by atoms with E-state index in [0.29, 0.717) is 16.8 Å². The molecule has 3 heterocycles. The SMILES string of the molecule is CCC1CCc2nc(NC(=O)c3c(C)oc4ncn(C)c(=O)c34)sc2C1. The van der Waals surface area contributed by atoms with Crippen molar-refractivity contribution in [3.63, 3.8) is 0 Å². The second-order valence-corrected chi connectivity index (χ2v) is 7.82. The molecule has 1 atom stereocenters. The summed E-state index contributed by atoms with van der Waals surface area (Å²) >= 11 is 1.53. The summed E-state index contributed by atoms with van der Waals surface area (Å²) < 4.78 is 6.84. The van der Waals surface area contributed by atoms with E-state index in [1.165, 1.54) is 27.1 Å². The van der Waals surface area contributed by atoms with Gasteiger partial charge in [0.1, 0.15) is 17.5 Å². The van der Waals surface area contributed by atoms with Crippen molar-refractivity contribution in [1.29, 1.82) is 0 Å². The number of nitrogens with zero attached hydrogens (tertiary/aromatic N) is 3. The average molecular weight is 372 g/mol. The van der Waals surface area contributed by atoms with Crippen LogP contribution in [0.5, 0.6) is 0 Å². The van der Waals surface area contributed by atoms with Crippen LogP contribution in [0.4, 0.5) is 5.13 Å². The number of carbonyl (C=O) groups is 1. The molecule has 3 aromatic rings. The number of nitrogens with one attached hydrogen (secondary N) is 1. The summed E-state index contributed by atoms with van der Waals surface area (Å²) in [6.45, 7) is 3.87. The molecule has 0 aromatic carbocycles. The highest BCUT2D eigenvalue weighted by Gasteiger charge is 2.25. The first-order valence-electron chi connectivity index (χ1n) is 8.72. The van der Waals surface area contributed by atoms with Crippen LogP contribution >= 0.6 is 11.3 Å². The summed E-state index contributed by atoms with van der Waals surface area (Å²) in [5, 5.41) is 3.63. The number of hydrogen-bond donors (Lipinski definition) is 1. The third-order valence-corrected chi connectivity index (χ3v) is 6.05. The van der Waals surface area contributed by atoms with Crippen LogP contribution in [0.25, 0.3) is 11.1 Å². The summed E-state index contributed by atoms with van der Waals surface area (Å²) in [6, 6.07) is 0. The standard InChI is InChI=1S/C18H20N4O3S/c1-4-10-5-6-11-12(7-10)26-18(20-11)21-15(23)13-9(2)25-16-14(13)17(24)22(3)8-19-16/h8,10H,4-7H2,1-3H3,(H,20,21,23). The van der Waals surface area contributed by atoms with E-state index in [9.17, 15) is 9.59 Å². The molecule has 0 saturated carbocycles. The molecule has 0 spiro atoms. The Hall–Kier alpha value is -2.48. The van der Waals surface area contributed by atoms with Crippen LogP contribution in [-0.4, -0.2) is 20.4 Å². The number of amides is 1. The van der Waals surface area contributed by atoms with E-state index < -0.39 is 0 Å². The first kappa shape index (κ1) is 17.0. The van der Waals surface area contributed by atoms with Gasteiger partial charge in [0.25, 0.3) is 11.5 Å². The minimum absolute atomic E-state index is 0.181. The van der Waals surface area contributed by atoms with E-state index >= 15 is 0 Å². The highest BCUT2D eigenvalue weighted by molar-refractivity contribution is 7.15. The van der Waals surface area contributed by atoms with Crippen LogP contribution in [0.2, 0.25) is 0 Å². The molecule has 7 nitrogen and oxygen atoms in total. The Kier molecular flexibility index (Phi) is 4.14. The van der Waals surface area contributed by atoms with E-state index in [2.05, 4.69) is 22.2 Å². The summed E-state index contributed by atoms with van der Waals surface area (Å²) in [6.07, 6.45) is 5.67. The van der Waals surface area contributed by atoms with Crippen LogP contribution in [0.1, 0.15) is 46.5 Å². The monoisotopic (exact) mass is 372 g/mol. The molecule has 1 unspecified atom stereocenters. The molecule has 1 N–H and O–H groups in total. The fraction of sp³-hybridized carbons (Fsp3) is 0.444. The Labute approximate surface area is 154 Å². The number of rotatable bonds is 3. The second kappa shape index (κ2) is 6.35. The third-order valence-electron chi connectivity index (χ3n) is 5.01. The number of carbonyl (C=O) groups excluding carboxylic acids is 1. The summed E-state index contributed by atoms with van der Waals surface area (Å²) in [4.78, 5) is 35.2. The Bertz CT molecular complexity index is 1060. The molecule has 1 aliphatic rings. The molecule has 0 aliphatic heterocycles. The van der Waals surface area contributed by atoms with Crippen molar-refractivity contribution in [2.45, 2.75) is 39.5 Å². The van der Waals surface area contributed by atoms with Crippen LogP contribution in [0.3, 0.4) is 0 Å². The highest BCUT2D eigenvalue weighted by Crippen LogP contribution is 2.34. The van der Waals surface area contributed by atoms with Crippen LogP contribution in [-0.2, 0) is 19.9 Å². The lowest BCUT2D eigenvalue weighted by Gasteiger charge is -2.18. The zero-order valence-corrected chi connectivity index (χ0v) is 15.8. The number of thiazole rings is 1. The zero-order chi connectivity index (χ0) is 18.4. The molecular weight excluding hydrogens is 352 g/mol. The Balaban J connectivity index is 1.67. The predicted octanol–water partition coefficient (Wildman–Crippen LogP) is 3.06. The minimum atomic E-state index is -0.385. The van der Waals surface area contributed by atoms with Crippen molar-refractivity contribution < 1.29 is 9.21 Å². The fourth-order valence-corrected chi connectivity index (χ4v) is 4.58. The molecule has 0 fully saturated rings. The number of fused-ring (bicyclic) bond motifs is 2. The van der Waals surface area contributed by atoms with Crippen LogP contribution < -0.4 is 10.9 Å². The first-order chi connectivity index (χ1) is 12.5. The number of aryl methyl sites for hydroxylation is 3. The maximum atomic E-state index is 12.8. The maximum absolute atomic E-state index is 12.8. The fourth-order valence-electron chi connectivity index (χ4n) is 3.47. The smallest absolute Gasteiger partial charge is 0.265 e. The van der Waals surface area contributed by atoms with Gasteiger partial charge in [-0.2, -0.15) is 0 Å². The first-order valence-corrected chi connectivity index (χ1v) is 9.54. The maximum Gasteiger partial charge on any atom is 0.265 e. The van der Waals surface area contributed by atoms with Gasteiger partial charge in [-0.25, -0.2) is 9.97 Å². The van der Waals surface area contributed by atoms with E-state index in [-0.39, 0.29) is 28.1 Å². The molecule has 4 rings (SSSR count). The van der Waals surface area contributed by atoms with Gasteiger partial charge in [0.2, 0.25) is 5.71 Å². The number of aromatic nitrogens is 3. The van der Waals surface area contributed by atoms with Gasteiger partial charge in [-0.3, -0.25) is 14.9 Å². The Morgan fingerprint density at radius 3 is 3.08 bits per heavy atom. The largest absolute Gasteiger partial charge is 0.442 e. The molecule has 3 aromatic heterocycles. The quantitative estimate of drug-likeness (QED) is 0.763. The van der Waals surface area contributed by atoms with E-state index in [1.807, 2.05) is 0 Å². The molecule has 0 radical (unpaired) electrons. The summed E-state index contributed by atoms with van der Waals surface area (Å²) in [7, 11) is 1.60. The van der Waals surface area contributed by atoms with Crippen molar-refractivity contribution in [1.82, 2.24) is 14.5 Å². The summed E-state index contributed by atoms with van der Waals surface area (Å²) in [5.74, 6) is 0.686. The number of anilines is 1. The van der Waals surface area contributed by atoms with Crippen LogP contribution in [0.15, 0.2) is 15.5 Å². The van der Waals surface area contributed by atoms with E-state index in [1.54, 1.807) is 14.0 Å². The van der Waals surface area contributed by atoms with Crippen molar-refractivity contribution in [3.8, 4) is 0 Å². The van der Waals surface area contributed by atoms with Gasteiger partial charge >= 0.3 is 0 Å². The Morgan fingerprint density at radius 1 is 1.50 bits per heavy atom. The van der Waals surface area contributed by atoms with E-state index in [4.69, 9.17) is 4.42 Å². The normalized spacial score (nSPS) is 16.7. The van der Waals surface area contributed by atoms with Crippen molar-refractivity contribution in [2.75, 3.05) is 5.32 Å². The molecule has 8 heteroatoms. The predicted molar refractivity (Wildman–Crippen MR) is 99.9 cm³/mol. The molecular formula is C18H20N4O3S. The van der Waals surface area contributed by atoms with Gasteiger partial charge in [0, 0.05) is 11.9 Å². The number of furan rings is 1. The summed E-state index contributed by atoms with van der Waals surface area (Å²) in [5.41, 5.74) is 1.19. The lowest BCUT2D eigenvalue weighted by Crippen LogP contribution is -2.20. The van der Waals surface area contributed by atoms with Gasteiger partial charge in [-0.15, -0.1) is 11.3 Å². The Morgan fingerprint density at radius 2 is 2.31 bits per heavy atom. The third kappa shape index (κ3) is 2.74. The van der Waals surface area contributed by atoms with Gasteiger partial charge in [-0.05, 0) is 32.1 Å². The van der Waals surface area contributed by atoms with Crippen molar-refractivity contribution in [2.24, 2.45) is 13.0 Å². The lowest BCUT2D eigenvalue weighted by molar-refractivity contribution is 0.102. The molecule has 136 valence electrons. The number of hydrogen-bond acceptors (Lipinski definition) is 6. The molecule has 26 heavy (non-hydrogen) atoms.